The van der Waals surface area contributed by atoms with E-state index in [0.29, 0.717) is 0 Å². The fourth-order valence-corrected chi connectivity index (χ4v) is 1.36. The molecule has 0 radical (unpaired) electrons. The minimum absolute atomic E-state index is 1.12. The molecule has 0 heterocycles. The van der Waals surface area contributed by atoms with Crippen molar-refractivity contribution >= 4 is 0 Å². The van der Waals surface area contributed by atoms with E-state index in [1.807, 2.05) is 13.1 Å². The number of hydrogen-bond donors (Lipinski definition) is 1. The molecule has 1 N–H and O–H groups in total. The summed E-state index contributed by atoms with van der Waals surface area (Å²) in [5.41, 5.74) is 1.41. The molecule has 0 aromatic rings. The Bertz CT molecular complexity index is 147. The van der Waals surface area contributed by atoms with Crippen molar-refractivity contribution < 1.29 is 0 Å². The van der Waals surface area contributed by atoms with Crippen molar-refractivity contribution in [3.63, 3.8) is 0 Å². The molecular weight excluding hydrogens is 158 g/mol. The predicted molar refractivity (Wildman–Crippen MR) is 61.0 cm³/mol. The van der Waals surface area contributed by atoms with E-state index >= 15 is 0 Å². The van der Waals surface area contributed by atoms with Crippen LogP contribution < -0.4 is 5.32 Å². The Morgan fingerprint density at radius 3 is 2.62 bits per heavy atom. The molecule has 13 heavy (non-hydrogen) atoms. The second kappa shape index (κ2) is 9.53. The van der Waals surface area contributed by atoms with Gasteiger partial charge in [-0.1, -0.05) is 37.6 Å². The Balaban J connectivity index is 3.39. The molecule has 0 spiro atoms. The van der Waals surface area contributed by atoms with Gasteiger partial charge < -0.3 is 5.32 Å². The molecule has 0 aliphatic heterocycles. The Morgan fingerprint density at radius 2 is 2.08 bits per heavy atom. The van der Waals surface area contributed by atoms with Crippen molar-refractivity contribution in [1.29, 1.82) is 0 Å². The summed E-state index contributed by atoms with van der Waals surface area (Å²) >= 11 is 0. The van der Waals surface area contributed by atoms with E-state index in [4.69, 9.17) is 0 Å². The van der Waals surface area contributed by atoms with Crippen LogP contribution in [-0.2, 0) is 0 Å². The molecule has 0 saturated heterocycles. The Kier molecular flexibility index (Phi) is 9.12. The van der Waals surface area contributed by atoms with E-state index in [1.54, 1.807) is 0 Å². The van der Waals surface area contributed by atoms with Crippen LogP contribution >= 0.6 is 0 Å². The van der Waals surface area contributed by atoms with Crippen LogP contribution in [0, 0.1) is 0 Å². The van der Waals surface area contributed by atoms with Crippen LogP contribution in [0.2, 0.25) is 0 Å². The minimum atomic E-state index is 1.12. The first-order valence-corrected chi connectivity index (χ1v) is 5.31. The number of hydrogen-bond acceptors (Lipinski definition) is 1. The van der Waals surface area contributed by atoms with Crippen LogP contribution in [-0.4, -0.2) is 13.6 Å². The summed E-state index contributed by atoms with van der Waals surface area (Å²) in [7, 11) is 2.01. The highest BCUT2D eigenvalue weighted by Crippen LogP contribution is 2.10. The molecule has 1 heteroatoms. The Morgan fingerprint density at radius 1 is 1.31 bits per heavy atom. The Labute approximate surface area is 82.9 Å². The standard InChI is InChI=1S/C12H23N/c1-4-9-12(5-2)10-7-6-8-11-13-3/h5,9,13H,2,4,6-8,10-11H2,1,3H3/b12-9-. The van der Waals surface area contributed by atoms with E-state index < -0.39 is 0 Å². The third-order valence-electron chi connectivity index (χ3n) is 2.12. The second-order valence-electron chi connectivity index (χ2n) is 3.31. The number of rotatable bonds is 8. The lowest BCUT2D eigenvalue weighted by Gasteiger charge is -2.02. The average Bonchev–Trinajstić information content (AvgIpc) is 2.16. The highest BCUT2D eigenvalue weighted by atomic mass is 14.8. The van der Waals surface area contributed by atoms with Gasteiger partial charge in [-0.05, 0) is 39.3 Å². The molecule has 0 unspecified atom stereocenters. The fourth-order valence-electron chi connectivity index (χ4n) is 1.36. The van der Waals surface area contributed by atoms with Crippen molar-refractivity contribution in [1.82, 2.24) is 5.32 Å². The molecule has 0 atom stereocenters. The predicted octanol–water partition coefficient (Wildman–Crippen LogP) is 3.29. The monoisotopic (exact) mass is 181 g/mol. The highest BCUT2D eigenvalue weighted by molar-refractivity contribution is 5.15. The summed E-state index contributed by atoms with van der Waals surface area (Å²) in [5.74, 6) is 0. The number of unbranched alkanes of at least 4 members (excludes halogenated alkanes) is 2. The molecular formula is C12H23N. The van der Waals surface area contributed by atoms with Crippen molar-refractivity contribution in [2.75, 3.05) is 13.6 Å². The van der Waals surface area contributed by atoms with Crippen LogP contribution in [0.4, 0.5) is 0 Å². The summed E-state index contributed by atoms with van der Waals surface area (Å²) in [4.78, 5) is 0. The maximum Gasteiger partial charge on any atom is -0.00519 e. The normalized spacial score (nSPS) is 11.7. The highest BCUT2D eigenvalue weighted by Gasteiger charge is 1.92. The first-order valence-electron chi connectivity index (χ1n) is 5.31. The number of nitrogens with one attached hydrogen (secondary N) is 1. The van der Waals surface area contributed by atoms with E-state index in [1.165, 1.54) is 31.3 Å². The van der Waals surface area contributed by atoms with E-state index in [2.05, 4.69) is 24.9 Å². The van der Waals surface area contributed by atoms with Gasteiger partial charge in [0, 0.05) is 0 Å². The first-order chi connectivity index (χ1) is 6.35. The maximum absolute atomic E-state index is 3.81. The van der Waals surface area contributed by atoms with Gasteiger partial charge in [0.2, 0.25) is 0 Å². The smallest absolute Gasteiger partial charge is 0.00519 e. The quantitative estimate of drug-likeness (QED) is 0.447. The van der Waals surface area contributed by atoms with Gasteiger partial charge >= 0.3 is 0 Å². The van der Waals surface area contributed by atoms with Crippen molar-refractivity contribution in [3.05, 3.63) is 24.3 Å². The lowest BCUT2D eigenvalue weighted by molar-refractivity contribution is 0.643. The van der Waals surface area contributed by atoms with Gasteiger partial charge in [0.25, 0.3) is 0 Å². The molecule has 0 aliphatic carbocycles. The van der Waals surface area contributed by atoms with Gasteiger partial charge in [0.15, 0.2) is 0 Å². The van der Waals surface area contributed by atoms with Gasteiger partial charge in [0.1, 0.15) is 0 Å². The third-order valence-corrected chi connectivity index (χ3v) is 2.12. The molecule has 0 aromatic heterocycles. The maximum atomic E-state index is 3.81. The second-order valence-corrected chi connectivity index (χ2v) is 3.31. The summed E-state index contributed by atoms with van der Waals surface area (Å²) in [6.45, 7) is 7.12. The zero-order valence-electron chi connectivity index (χ0n) is 9.10. The van der Waals surface area contributed by atoms with Gasteiger partial charge in [-0.2, -0.15) is 0 Å². The van der Waals surface area contributed by atoms with Gasteiger partial charge in [0.05, 0.1) is 0 Å². The van der Waals surface area contributed by atoms with Gasteiger partial charge in [-0.15, -0.1) is 0 Å². The van der Waals surface area contributed by atoms with E-state index in [-0.39, 0.29) is 0 Å². The summed E-state index contributed by atoms with van der Waals surface area (Å²) in [6, 6.07) is 0. The molecule has 0 fully saturated rings. The van der Waals surface area contributed by atoms with Crippen molar-refractivity contribution in [2.24, 2.45) is 0 Å². The Hall–Kier alpha value is -0.560. The van der Waals surface area contributed by atoms with Crippen LogP contribution in [0.5, 0.6) is 0 Å². The molecule has 0 bridgehead atoms. The topological polar surface area (TPSA) is 12.0 Å². The molecule has 0 amide bonds. The molecule has 0 aromatic carbocycles. The molecule has 0 saturated carbocycles. The minimum Gasteiger partial charge on any atom is -0.320 e. The van der Waals surface area contributed by atoms with Crippen LogP contribution in [0.1, 0.15) is 39.0 Å². The first kappa shape index (κ1) is 12.4. The lowest BCUT2D eigenvalue weighted by Crippen LogP contribution is -2.06. The summed E-state index contributed by atoms with van der Waals surface area (Å²) in [5, 5.41) is 3.16. The largest absolute Gasteiger partial charge is 0.320 e. The number of allylic oxidation sites excluding steroid dienone is 3. The summed E-state index contributed by atoms with van der Waals surface area (Å²) < 4.78 is 0. The molecule has 0 rings (SSSR count). The van der Waals surface area contributed by atoms with Crippen LogP contribution in [0.25, 0.3) is 0 Å². The fraction of sp³-hybridized carbons (Fsp3) is 0.667. The zero-order valence-corrected chi connectivity index (χ0v) is 9.10. The molecule has 1 nitrogen and oxygen atoms in total. The van der Waals surface area contributed by atoms with Crippen LogP contribution in [0.15, 0.2) is 24.3 Å². The van der Waals surface area contributed by atoms with E-state index in [0.717, 1.165) is 13.0 Å². The van der Waals surface area contributed by atoms with Gasteiger partial charge in [-0.3, -0.25) is 0 Å². The average molecular weight is 181 g/mol. The van der Waals surface area contributed by atoms with E-state index in [9.17, 15) is 0 Å². The summed E-state index contributed by atoms with van der Waals surface area (Å²) in [6.07, 6.45) is 10.5. The zero-order chi connectivity index (χ0) is 9.94. The molecule has 76 valence electrons. The van der Waals surface area contributed by atoms with Gasteiger partial charge in [-0.25, -0.2) is 0 Å². The SMILES string of the molecule is C=C/C(=C/CC)CCCCCNC. The van der Waals surface area contributed by atoms with Crippen LogP contribution in [0.3, 0.4) is 0 Å². The lowest BCUT2D eigenvalue weighted by atomic mass is 10.1. The van der Waals surface area contributed by atoms with Crippen molar-refractivity contribution in [3.8, 4) is 0 Å². The van der Waals surface area contributed by atoms with Crippen molar-refractivity contribution in [2.45, 2.75) is 39.0 Å². The third kappa shape index (κ3) is 7.79. The molecule has 0 aliphatic rings.